The predicted octanol–water partition coefficient (Wildman–Crippen LogP) is 1.91. The molecule has 0 bridgehead atoms. The van der Waals surface area contributed by atoms with Crippen molar-refractivity contribution in [3.63, 3.8) is 0 Å². The van der Waals surface area contributed by atoms with Gasteiger partial charge in [0.15, 0.2) is 0 Å². The first kappa shape index (κ1) is 11.1. The van der Waals surface area contributed by atoms with Gasteiger partial charge in [-0.1, -0.05) is 24.3 Å². The fourth-order valence-electron chi connectivity index (χ4n) is 1.97. The summed E-state index contributed by atoms with van der Waals surface area (Å²) in [5.74, 6) is -1.24. The molecule has 86 valence electrons. The van der Waals surface area contributed by atoms with Crippen molar-refractivity contribution >= 4 is 5.97 Å². The van der Waals surface area contributed by atoms with Crippen LogP contribution in [0.1, 0.15) is 36.8 Å². The quantitative estimate of drug-likeness (QED) is 0.813. The predicted molar refractivity (Wildman–Crippen MR) is 62.3 cm³/mol. The summed E-state index contributed by atoms with van der Waals surface area (Å²) in [6.07, 6.45) is 2.88. The molecule has 1 fully saturated rings. The number of nitrogens with two attached hydrogens (primary N) is 1. The van der Waals surface area contributed by atoms with Crippen molar-refractivity contribution in [1.29, 1.82) is 0 Å². The van der Waals surface area contributed by atoms with Crippen LogP contribution in [0.2, 0.25) is 0 Å². The molecule has 0 spiro atoms. The minimum atomic E-state index is -0.783. The zero-order chi connectivity index (χ0) is 11.8. The van der Waals surface area contributed by atoms with E-state index in [0.717, 1.165) is 30.4 Å². The van der Waals surface area contributed by atoms with Crippen LogP contribution in [0.4, 0.5) is 0 Å². The third kappa shape index (κ3) is 2.25. The Bertz CT molecular complexity index is 410. The van der Waals surface area contributed by atoms with Gasteiger partial charge in [-0.25, -0.2) is 0 Å². The van der Waals surface area contributed by atoms with Gasteiger partial charge in [0.25, 0.3) is 0 Å². The third-order valence-corrected chi connectivity index (χ3v) is 3.33. The van der Waals surface area contributed by atoms with E-state index in [1.165, 1.54) is 0 Å². The second-order valence-corrected chi connectivity index (χ2v) is 4.80. The highest BCUT2D eigenvalue weighted by atomic mass is 16.4. The Labute approximate surface area is 95.3 Å². The molecule has 0 heterocycles. The molecule has 1 aromatic rings. The number of benzene rings is 1. The number of aliphatic carboxylic acids is 1. The van der Waals surface area contributed by atoms with Crippen LogP contribution in [0.3, 0.4) is 0 Å². The van der Waals surface area contributed by atoms with E-state index in [0.29, 0.717) is 0 Å². The van der Waals surface area contributed by atoms with E-state index in [1.54, 1.807) is 6.92 Å². The number of rotatable bonds is 4. The van der Waals surface area contributed by atoms with Crippen LogP contribution in [-0.4, -0.2) is 16.6 Å². The molecule has 0 saturated heterocycles. The summed E-state index contributed by atoms with van der Waals surface area (Å²) in [5, 5.41) is 9.04. The summed E-state index contributed by atoms with van der Waals surface area (Å²) in [6.45, 7) is 1.72. The first-order valence-corrected chi connectivity index (χ1v) is 5.61. The Morgan fingerprint density at radius 3 is 2.69 bits per heavy atom. The van der Waals surface area contributed by atoms with Crippen molar-refractivity contribution in [3.8, 4) is 0 Å². The van der Waals surface area contributed by atoms with Crippen LogP contribution in [0, 0.1) is 0 Å². The van der Waals surface area contributed by atoms with Gasteiger partial charge in [-0.15, -0.1) is 0 Å². The molecule has 0 amide bonds. The molecular weight excluding hydrogens is 202 g/mol. The van der Waals surface area contributed by atoms with Crippen LogP contribution in [0.25, 0.3) is 0 Å². The van der Waals surface area contributed by atoms with Crippen LogP contribution in [0.15, 0.2) is 24.3 Å². The Balaban J connectivity index is 2.26. The fraction of sp³-hybridized carbons (Fsp3) is 0.462. The van der Waals surface area contributed by atoms with Gasteiger partial charge in [-0.3, -0.25) is 4.79 Å². The van der Waals surface area contributed by atoms with Crippen molar-refractivity contribution in [2.75, 3.05) is 0 Å². The van der Waals surface area contributed by atoms with Gasteiger partial charge in [0, 0.05) is 5.54 Å². The highest BCUT2D eigenvalue weighted by molar-refractivity contribution is 5.76. The first-order chi connectivity index (χ1) is 7.52. The highest BCUT2D eigenvalue weighted by Crippen LogP contribution is 2.37. The summed E-state index contributed by atoms with van der Waals surface area (Å²) in [7, 11) is 0. The number of hydrogen-bond acceptors (Lipinski definition) is 2. The van der Waals surface area contributed by atoms with E-state index >= 15 is 0 Å². The zero-order valence-corrected chi connectivity index (χ0v) is 9.44. The van der Waals surface area contributed by atoms with Crippen LogP contribution < -0.4 is 5.73 Å². The zero-order valence-electron chi connectivity index (χ0n) is 9.44. The standard InChI is InChI=1S/C13H17NO2/c1-9(12(15)16)11-5-3-2-4-10(11)8-13(14)6-7-13/h2-5,9H,6-8,14H2,1H3,(H,15,16). The van der Waals surface area contributed by atoms with Gasteiger partial charge >= 0.3 is 5.97 Å². The highest BCUT2D eigenvalue weighted by Gasteiger charge is 2.38. The lowest BCUT2D eigenvalue weighted by molar-refractivity contribution is -0.138. The number of carboxylic acid groups (broad SMARTS) is 1. The smallest absolute Gasteiger partial charge is 0.310 e. The molecule has 1 unspecified atom stereocenters. The number of hydrogen-bond donors (Lipinski definition) is 2. The lowest BCUT2D eigenvalue weighted by Crippen LogP contribution is -2.25. The largest absolute Gasteiger partial charge is 0.481 e. The Kier molecular flexibility index (Phi) is 2.72. The Morgan fingerprint density at radius 1 is 1.50 bits per heavy atom. The van der Waals surface area contributed by atoms with Gasteiger partial charge in [0.05, 0.1) is 5.92 Å². The maximum absolute atomic E-state index is 11.0. The second-order valence-electron chi connectivity index (χ2n) is 4.80. The lowest BCUT2D eigenvalue weighted by atomic mass is 9.91. The molecule has 16 heavy (non-hydrogen) atoms. The van der Waals surface area contributed by atoms with E-state index in [2.05, 4.69) is 0 Å². The molecule has 0 aromatic heterocycles. The van der Waals surface area contributed by atoms with Gasteiger partial charge < -0.3 is 10.8 Å². The average Bonchev–Trinajstić information content (AvgIpc) is 2.96. The molecule has 1 atom stereocenters. The summed E-state index contributed by atoms with van der Waals surface area (Å²) >= 11 is 0. The van der Waals surface area contributed by atoms with Crippen molar-refractivity contribution in [1.82, 2.24) is 0 Å². The first-order valence-electron chi connectivity index (χ1n) is 5.61. The molecule has 1 saturated carbocycles. The molecule has 3 N–H and O–H groups in total. The molecule has 3 heteroatoms. The van der Waals surface area contributed by atoms with Crippen LogP contribution >= 0.6 is 0 Å². The van der Waals surface area contributed by atoms with E-state index in [4.69, 9.17) is 10.8 Å². The molecular formula is C13H17NO2. The minimum Gasteiger partial charge on any atom is -0.481 e. The van der Waals surface area contributed by atoms with E-state index < -0.39 is 11.9 Å². The average molecular weight is 219 g/mol. The van der Waals surface area contributed by atoms with Gasteiger partial charge in [0.1, 0.15) is 0 Å². The van der Waals surface area contributed by atoms with Crippen LogP contribution in [-0.2, 0) is 11.2 Å². The molecule has 1 aromatic carbocycles. The monoisotopic (exact) mass is 219 g/mol. The lowest BCUT2D eigenvalue weighted by Gasteiger charge is -2.15. The summed E-state index contributed by atoms with van der Waals surface area (Å²) in [5.41, 5.74) is 7.98. The maximum atomic E-state index is 11.0. The minimum absolute atomic E-state index is 0.0751. The van der Waals surface area contributed by atoms with Gasteiger partial charge in [-0.2, -0.15) is 0 Å². The fourth-order valence-corrected chi connectivity index (χ4v) is 1.97. The van der Waals surface area contributed by atoms with Crippen molar-refractivity contribution in [3.05, 3.63) is 35.4 Å². The maximum Gasteiger partial charge on any atom is 0.310 e. The number of carbonyl (C=O) groups is 1. The molecule has 0 radical (unpaired) electrons. The van der Waals surface area contributed by atoms with Crippen molar-refractivity contribution < 1.29 is 9.90 Å². The third-order valence-electron chi connectivity index (χ3n) is 3.33. The molecule has 1 aliphatic rings. The summed E-state index contributed by atoms with van der Waals surface area (Å²) < 4.78 is 0. The molecule has 1 aliphatic carbocycles. The molecule has 0 aliphatic heterocycles. The Morgan fingerprint density at radius 2 is 2.12 bits per heavy atom. The van der Waals surface area contributed by atoms with Crippen LogP contribution in [0.5, 0.6) is 0 Å². The summed E-state index contributed by atoms with van der Waals surface area (Å²) in [4.78, 5) is 11.0. The normalized spacial score (nSPS) is 19.1. The van der Waals surface area contributed by atoms with E-state index in [1.807, 2.05) is 24.3 Å². The van der Waals surface area contributed by atoms with Gasteiger partial charge in [-0.05, 0) is 37.3 Å². The summed E-state index contributed by atoms with van der Waals surface area (Å²) in [6, 6.07) is 7.70. The van der Waals surface area contributed by atoms with E-state index in [9.17, 15) is 4.79 Å². The SMILES string of the molecule is CC(C(=O)O)c1ccccc1CC1(N)CC1. The van der Waals surface area contributed by atoms with E-state index in [-0.39, 0.29) is 5.54 Å². The Hall–Kier alpha value is -1.35. The van der Waals surface area contributed by atoms with Gasteiger partial charge in [0.2, 0.25) is 0 Å². The van der Waals surface area contributed by atoms with Crippen molar-refractivity contribution in [2.24, 2.45) is 5.73 Å². The van der Waals surface area contributed by atoms with Crippen molar-refractivity contribution in [2.45, 2.75) is 37.6 Å². The molecule has 2 rings (SSSR count). The molecule has 3 nitrogen and oxygen atoms in total. The number of carboxylic acids is 1. The second kappa shape index (κ2) is 3.91. The topological polar surface area (TPSA) is 63.3 Å².